The van der Waals surface area contributed by atoms with Gasteiger partial charge in [0, 0.05) is 5.69 Å². The number of aromatic amines is 1. The van der Waals surface area contributed by atoms with Crippen LogP contribution in [-0.4, -0.2) is 40.2 Å². The number of H-pyrrole nitrogens is 1. The van der Waals surface area contributed by atoms with Crippen LogP contribution >= 0.6 is 11.8 Å². The molecule has 3 aromatic rings. The van der Waals surface area contributed by atoms with Crippen molar-refractivity contribution >= 4 is 35.5 Å². The maximum Gasteiger partial charge on any atom is 0.240 e. The quantitative estimate of drug-likeness (QED) is 0.314. The summed E-state index contributed by atoms with van der Waals surface area (Å²) in [6.45, 7) is 0. The van der Waals surface area contributed by atoms with Crippen LogP contribution < -0.4 is 15.5 Å². The number of hydrazone groups is 1. The van der Waals surface area contributed by atoms with Crippen LogP contribution in [-0.2, 0) is 4.79 Å². The lowest BCUT2D eigenvalue weighted by atomic mass is 10.2. The van der Waals surface area contributed by atoms with Gasteiger partial charge < -0.3 is 10.1 Å². The average Bonchev–Trinajstić information content (AvgIpc) is 3.16. The van der Waals surface area contributed by atoms with Crippen molar-refractivity contribution in [2.45, 2.75) is 5.16 Å². The molecular formula is C18H18N6O2S. The Labute approximate surface area is 160 Å². The molecule has 0 aliphatic carbocycles. The molecule has 3 N–H and O–H groups in total. The average molecular weight is 382 g/mol. The minimum Gasteiger partial charge on any atom is -0.497 e. The fraction of sp³-hybridized carbons (Fsp3) is 0.111. The first kappa shape index (κ1) is 18.5. The number of amides is 1. The highest BCUT2D eigenvalue weighted by Crippen LogP contribution is 2.17. The Morgan fingerprint density at radius 1 is 1.22 bits per heavy atom. The molecule has 0 radical (unpaired) electrons. The van der Waals surface area contributed by atoms with Gasteiger partial charge in [-0.05, 0) is 29.8 Å². The molecule has 0 spiro atoms. The standard InChI is InChI=1S/C18H18N6O2S/c1-26-15-9-7-14(8-10-15)20-16(25)12-27-18-21-17(23-24-18)22-19-11-13-5-3-2-4-6-13/h2-11H,12H2,1H3,(H,20,25)(H2,21,22,23,24)/b19-11-. The van der Waals surface area contributed by atoms with Gasteiger partial charge in [0.05, 0.1) is 19.1 Å². The van der Waals surface area contributed by atoms with Gasteiger partial charge in [-0.1, -0.05) is 42.1 Å². The molecule has 1 amide bonds. The van der Waals surface area contributed by atoms with Crippen LogP contribution in [0.4, 0.5) is 11.6 Å². The molecule has 0 saturated heterocycles. The van der Waals surface area contributed by atoms with Crippen LogP contribution in [0.5, 0.6) is 5.75 Å². The molecule has 0 aliphatic heterocycles. The number of ether oxygens (including phenoxy) is 1. The minimum absolute atomic E-state index is 0.147. The van der Waals surface area contributed by atoms with Gasteiger partial charge in [0.2, 0.25) is 17.0 Å². The van der Waals surface area contributed by atoms with Crippen molar-refractivity contribution in [1.82, 2.24) is 15.2 Å². The number of carbonyl (C=O) groups excluding carboxylic acids is 1. The van der Waals surface area contributed by atoms with Crippen molar-refractivity contribution in [2.75, 3.05) is 23.6 Å². The van der Waals surface area contributed by atoms with Crippen molar-refractivity contribution in [3.05, 3.63) is 60.2 Å². The predicted octanol–water partition coefficient (Wildman–Crippen LogP) is 2.99. The molecule has 9 heteroatoms. The summed E-state index contributed by atoms with van der Waals surface area (Å²) in [6.07, 6.45) is 1.68. The van der Waals surface area contributed by atoms with Gasteiger partial charge >= 0.3 is 0 Å². The zero-order valence-electron chi connectivity index (χ0n) is 14.5. The maximum atomic E-state index is 12.0. The third kappa shape index (κ3) is 5.86. The second-order valence-electron chi connectivity index (χ2n) is 5.31. The molecule has 1 heterocycles. The molecule has 0 unspecified atom stereocenters. The Kier molecular flexibility index (Phi) is 6.42. The van der Waals surface area contributed by atoms with E-state index in [1.54, 1.807) is 37.6 Å². The van der Waals surface area contributed by atoms with Crippen molar-refractivity contribution < 1.29 is 9.53 Å². The predicted molar refractivity (Wildman–Crippen MR) is 106 cm³/mol. The van der Waals surface area contributed by atoms with E-state index >= 15 is 0 Å². The Balaban J connectivity index is 1.44. The summed E-state index contributed by atoms with van der Waals surface area (Å²) >= 11 is 1.22. The Bertz CT molecular complexity index is 896. The van der Waals surface area contributed by atoms with E-state index < -0.39 is 0 Å². The summed E-state index contributed by atoms with van der Waals surface area (Å²) in [5.74, 6) is 1.18. The minimum atomic E-state index is -0.147. The number of hydrogen-bond donors (Lipinski definition) is 3. The fourth-order valence-electron chi connectivity index (χ4n) is 2.07. The van der Waals surface area contributed by atoms with Crippen LogP contribution in [0.3, 0.4) is 0 Å². The molecule has 0 bridgehead atoms. The van der Waals surface area contributed by atoms with Crippen LogP contribution in [0.25, 0.3) is 0 Å². The number of rotatable bonds is 8. The van der Waals surface area contributed by atoms with Crippen LogP contribution in [0.1, 0.15) is 5.56 Å². The second kappa shape index (κ2) is 9.39. The molecule has 0 fully saturated rings. The molecule has 0 saturated carbocycles. The van der Waals surface area contributed by atoms with E-state index in [0.717, 1.165) is 11.3 Å². The van der Waals surface area contributed by atoms with Gasteiger partial charge in [0.15, 0.2) is 0 Å². The summed E-state index contributed by atoms with van der Waals surface area (Å²) in [7, 11) is 1.59. The van der Waals surface area contributed by atoms with Crippen LogP contribution in [0.15, 0.2) is 64.9 Å². The molecule has 3 rings (SSSR count). The summed E-state index contributed by atoms with van der Waals surface area (Å²) in [5, 5.41) is 14.1. The lowest BCUT2D eigenvalue weighted by Gasteiger charge is -2.05. The Morgan fingerprint density at radius 2 is 2.00 bits per heavy atom. The zero-order chi connectivity index (χ0) is 18.9. The highest BCUT2D eigenvalue weighted by atomic mass is 32.2. The van der Waals surface area contributed by atoms with E-state index in [4.69, 9.17) is 4.74 Å². The lowest BCUT2D eigenvalue weighted by Crippen LogP contribution is -2.14. The summed E-state index contributed by atoms with van der Waals surface area (Å²) in [6, 6.07) is 16.8. The van der Waals surface area contributed by atoms with Gasteiger partial charge in [-0.3, -0.25) is 4.79 Å². The first-order chi connectivity index (χ1) is 13.2. The topological polar surface area (TPSA) is 104 Å². The first-order valence-corrected chi connectivity index (χ1v) is 9.05. The van der Waals surface area contributed by atoms with E-state index in [9.17, 15) is 4.79 Å². The number of benzene rings is 2. The maximum absolute atomic E-state index is 12.0. The number of anilines is 2. The Morgan fingerprint density at radius 3 is 2.74 bits per heavy atom. The van der Waals surface area contributed by atoms with Crippen LogP contribution in [0.2, 0.25) is 0 Å². The molecule has 138 valence electrons. The van der Waals surface area contributed by atoms with Crippen molar-refractivity contribution in [1.29, 1.82) is 0 Å². The van der Waals surface area contributed by atoms with Crippen LogP contribution in [0, 0.1) is 0 Å². The van der Waals surface area contributed by atoms with Gasteiger partial charge in [0.1, 0.15) is 5.75 Å². The summed E-state index contributed by atoms with van der Waals surface area (Å²) < 4.78 is 5.08. The van der Waals surface area contributed by atoms with Gasteiger partial charge in [-0.25, -0.2) is 10.5 Å². The third-order valence-electron chi connectivity index (χ3n) is 3.35. The SMILES string of the molecule is COc1ccc(NC(=O)CSc2n[nH]c(N/N=C\c3ccccc3)n2)cc1. The number of methoxy groups -OCH3 is 1. The van der Waals surface area contributed by atoms with Gasteiger partial charge in [-0.15, -0.1) is 5.10 Å². The summed E-state index contributed by atoms with van der Waals surface area (Å²) in [4.78, 5) is 16.2. The molecule has 1 aromatic heterocycles. The Hall–Kier alpha value is -3.33. The monoisotopic (exact) mass is 382 g/mol. The van der Waals surface area contributed by atoms with Crippen molar-refractivity contribution in [2.24, 2.45) is 5.10 Å². The number of hydrogen-bond acceptors (Lipinski definition) is 7. The molecule has 0 aliphatic rings. The van der Waals surface area contributed by atoms with Crippen molar-refractivity contribution in [3.8, 4) is 5.75 Å². The van der Waals surface area contributed by atoms with E-state index in [-0.39, 0.29) is 11.7 Å². The largest absolute Gasteiger partial charge is 0.497 e. The van der Waals surface area contributed by atoms with Crippen molar-refractivity contribution in [3.63, 3.8) is 0 Å². The lowest BCUT2D eigenvalue weighted by molar-refractivity contribution is -0.113. The van der Waals surface area contributed by atoms with Gasteiger partial charge in [0.25, 0.3) is 0 Å². The fourth-order valence-corrected chi connectivity index (χ4v) is 2.67. The first-order valence-electron chi connectivity index (χ1n) is 8.06. The number of nitrogens with one attached hydrogen (secondary N) is 3. The third-order valence-corrected chi connectivity index (χ3v) is 4.20. The number of carbonyl (C=O) groups is 1. The highest BCUT2D eigenvalue weighted by molar-refractivity contribution is 7.99. The number of nitrogens with zero attached hydrogens (tertiary/aromatic N) is 3. The summed E-state index contributed by atoms with van der Waals surface area (Å²) in [5.41, 5.74) is 4.44. The highest BCUT2D eigenvalue weighted by Gasteiger charge is 2.08. The molecule has 0 atom stereocenters. The van der Waals surface area contributed by atoms with E-state index in [1.165, 1.54) is 11.8 Å². The number of thioether (sulfide) groups is 1. The van der Waals surface area contributed by atoms with E-state index in [1.807, 2.05) is 30.3 Å². The molecule has 8 nitrogen and oxygen atoms in total. The van der Waals surface area contributed by atoms with E-state index in [0.29, 0.717) is 16.8 Å². The molecule has 2 aromatic carbocycles. The van der Waals surface area contributed by atoms with Gasteiger partial charge in [-0.2, -0.15) is 10.1 Å². The molecular weight excluding hydrogens is 364 g/mol. The number of aromatic nitrogens is 3. The smallest absolute Gasteiger partial charge is 0.240 e. The molecule has 27 heavy (non-hydrogen) atoms. The normalized spacial score (nSPS) is 10.7. The zero-order valence-corrected chi connectivity index (χ0v) is 15.4. The van der Waals surface area contributed by atoms with E-state index in [2.05, 4.69) is 31.0 Å². The second-order valence-corrected chi connectivity index (χ2v) is 6.26.